The number of likely N-dealkylation sites (N-methyl/N-ethyl adjacent to an activating group) is 1. The first-order valence-corrected chi connectivity index (χ1v) is 9.37. The molecule has 0 saturated carbocycles. The fourth-order valence-corrected chi connectivity index (χ4v) is 3.27. The number of nitrogens with one attached hydrogen (secondary N) is 1. The third kappa shape index (κ3) is 5.00. The van der Waals surface area contributed by atoms with Gasteiger partial charge in [-0.15, -0.1) is 0 Å². The molecule has 0 radical (unpaired) electrons. The first kappa shape index (κ1) is 21.2. The highest BCUT2D eigenvalue weighted by Gasteiger charge is 2.23. The standard InChI is InChI=1S/C21H28N4O3/c1-5-24(21(28)16(4)25-14(2)6-7-15(25)3)13-12-19(26)23-18-10-8-17(9-11-18)20(22)27/h6-11,16H,5,12-13H2,1-4H3,(H2,22,27)(H,23,26). The zero-order valence-corrected chi connectivity index (χ0v) is 16.9. The fraction of sp³-hybridized carbons (Fsp3) is 0.381. The minimum atomic E-state index is -0.516. The van der Waals surface area contributed by atoms with Crippen molar-refractivity contribution in [2.75, 3.05) is 18.4 Å². The molecule has 150 valence electrons. The summed E-state index contributed by atoms with van der Waals surface area (Å²) in [6.07, 6.45) is 0.188. The maximum Gasteiger partial charge on any atom is 0.248 e. The van der Waals surface area contributed by atoms with Crippen molar-refractivity contribution in [1.82, 2.24) is 9.47 Å². The van der Waals surface area contributed by atoms with Crippen LogP contribution in [0.4, 0.5) is 5.69 Å². The van der Waals surface area contributed by atoms with E-state index < -0.39 is 5.91 Å². The Morgan fingerprint density at radius 2 is 1.64 bits per heavy atom. The van der Waals surface area contributed by atoms with Crippen molar-refractivity contribution in [1.29, 1.82) is 0 Å². The molecule has 1 aromatic carbocycles. The summed E-state index contributed by atoms with van der Waals surface area (Å²) < 4.78 is 2.01. The molecule has 0 aliphatic rings. The molecule has 2 rings (SSSR count). The average Bonchev–Trinajstić information content (AvgIpc) is 3.00. The molecule has 7 nitrogen and oxygen atoms in total. The molecule has 0 saturated heterocycles. The van der Waals surface area contributed by atoms with E-state index in [4.69, 9.17) is 5.73 Å². The van der Waals surface area contributed by atoms with E-state index in [0.29, 0.717) is 24.3 Å². The van der Waals surface area contributed by atoms with Crippen molar-refractivity contribution < 1.29 is 14.4 Å². The van der Waals surface area contributed by atoms with E-state index in [1.807, 2.05) is 44.4 Å². The zero-order valence-electron chi connectivity index (χ0n) is 16.9. The van der Waals surface area contributed by atoms with Gasteiger partial charge >= 0.3 is 0 Å². The summed E-state index contributed by atoms with van der Waals surface area (Å²) in [5, 5.41) is 2.77. The molecule has 2 aromatic rings. The van der Waals surface area contributed by atoms with Crippen LogP contribution in [-0.4, -0.2) is 40.3 Å². The second kappa shape index (κ2) is 9.21. The monoisotopic (exact) mass is 384 g/mol. The van der Waals surface area contributed by atoms with Gasteiger partial charge in [0.1, 0.15) is 6.04 Å². The van der Waals surface area contributed by atoms with E-state index in [0.717, 1.165) is 11.4 Å². The molecular weight excluding hydrogens is 356 g/mol. The lowest BCUT2D eigenvalue weighted by Crippen LogP contribution is -2.38. The first-order chi connectivity index (χ1) is 13.2. The highest BCUT2D eigenvalue weighted by atomic mass is 16.2. The van der Waals surface area contributed by atoms with E-state index in [-0.39, 0.29) is 24.3 Å². The lowest BCUT2D eigenvalue weighted by molar-refractivity contribution is -0.134. The summed E-state index contributed by atoms with van der Waals surface area (Å²) in [6.45, 7) is 8.60. The van der Waals surface area contributed by atoms with Gasteiger partial charge in [0.25, 0.3) is 0 Å². The van der Waals surface area contributed by atoms with E-state index in [9.17, 15) is 14.4 Å². The van der Waals surface area contributed by atoms with Gasteiger partial charge in [-0.05, 0) is 64.1 Å². The molecule has 7 heteroatoms. The second-order valence-electron chi connectivity index (χ2n) is 6.82. The number of nitrogens with zero attached hydrogens (tertiary/aromatic N) is 2. The summed E-state index contributed by atoms with van der Waals surface area (Å²) in [5.41, 5.74) is 8.23. The van der Waals surface area contributed by atoms with Gasteiger partial charge < -0.3 is 20.5 Å². The molecule has 1 unspecified atom stereocenters. The average molecular weight is 384 g/mol. The van der Waals surface area contributed by atoms with Gasteiger partial charge in [0, 0.05) is 42.1 Å². The Labute approximate surface area is 165 Å². The predicted molar refractivity (Wildman–Crippen MR) is 109 cm³/mol. The number of rotatable bonds is 8. The van der Waals surface area contributed by atoms with Crippen LogP contribution in [0.1, 0.15) is 48.1 Å². The second-order valence-corrected chi connectivity index (χ2v) is 6.82. The molecule has 0 fully saturated rings. The number of hydrogen-bond acceptors (Lipinski definition) is 3. The molecule has 3 amide bonds. The quantitative estimate of drug-likeness (QED) is 0.732. The number of hydrogen-bond donors (Lipinski definition) is 2. The summed E-state index contributed by atoms with van der Waals surface area (Å²) in [7, 11) is 0. The maximum absolute atomic E-state index is 12.9. The number of amides is 3. The van der Waals surface area contributed by atoms with Gasteiger partial charge in [-0.2, -0.15) is 0 Å². The minimum Gasteiger partial charge on any atom is -0.366 e. The van der Waals surface area contributed by atoms with Crippen molar-refractivity contribution in [2.45, 2.75) is 40.2 Å². The van der Waals surface area contributed by atoms with Crippen LogP contribution in [0.15, 0.2) is 36.4 Å². The Balaban J connectivity index is 1.94. The largest absolute Gasteiger partial charge is 0.366 e. The molecule has 0 aliphatic carbocycles. The third-order valence-electron chi connectivity index (χ3n) is 4.83. The summed E-state index contributed by atoms with van der Waals surface area (Å²) in [5.74, 6) is -0.722. The number of carbonyl (C=O) groups is 3. The molecular formula is C21H28N4O3. The van der Waals surface area contributed by atoms with Crippen LogP contribution in [0.2, 0.25) is 0 Å². The van der Waals surface area contributed by atoms with Crippen molar-refractivity contribution in [2.24, 2.45) is 5.73 Å². The summed E-state index contributed by atoms with van der Waals surface area (Å²) in [6, 6.07) is 10.0. The zero-order chi connectivity index (χ0) is 20.8. The topological polar surface area (TPSA) is 97.4 Å². The predicted octanol–water partition coefficient (Wildman–Crippen LogP) is 2.64. The van der Waals surface area contributed by atoms with Crippen LogP contribution < -0.4 is 11.1 Å². The lowest BCUT2D eigenvalue weighted by atomic mass is 10.2. The van der Waals surface area contributed by atoms with Crippen LogP contribution in [0.5, 0.6) is 0 Å². The number of primary amides is 1. The highest BCUT2D eigenvalue weighted by Crippen LogP contribution is 2.18. The Morgan fingerprint density at radius 3 is 2.14 bits per heavy atom. The highest BCUT2D eigenvalue weighted by molar-refractivity contribution is 5.95. The SMILES string of the molecule is CCN(CCC(=O)Nc1ccc(C(N)=O)cc1)C(=O)C(C)n1c(C)ccc1C. The van der Waals surface area contributed by atoms with Crippen molar-refractivity contribution in [3.05, 3.63) is 53.3 Å². The van der Waals surface area contributed by atoms with Gasteiger partial charge in [-0.3, -0.25) is 14.4 Å². The summed E-state index contributed by atoms with van der Waals surface area (Å²) in [4.78, 5) is 37.9. The molecule has 0 spiro atoms. The molecule has 1 atom stereocenters. The van der Waals surface area contributed by atoms with Gasteiger partial charge in [0.2, 0.25) is 17.7 Å². The number of aryl methyl sites for hydroxylation is 2. The number of benzene rings is 1. The number of anilines is 1. The van der Waals surface area contributed by atoms with Gasteiger partial charge in [-0.25, -0.2) is 0 Å². The van der Waals surface area contributed by atoms with E-state index >= 15 is 0 Å². The van der Waals surface area contributed by atoms with E-state index in [2.05, 4.69) is 5.32 Å². The molecule has 0 aliphatic heterocycles. The van der Waals surface area contributed by atoms with Crippen molar-refractivity contribution in [3.63, 3.8) is 0 Å². The number of nitrogens with two attached hydrogens (primary N) is 1. The van der Waals surface area contributed by atoms with Crippen LogP contribution >= 0.6 is 0 Å². The Kier molecular flexibility index (Phi) is 6.98. The fourth-order valence-electron chi connectivity index (χ4n) is 3.27. The van der Waals surface area contributed by atoms with E-state index in [1.165, 1.54) is 0 Å². The first-order valence-electron chi connectivity index (χ1n) is 9.37. The van der Waals surface area contributed by atoms with Crippen LogP contribution in [0.25, 0.3) is 0 Å². The van der Waals surface area contributed by atoms with Crippen LogP contribution in [0, 0.1) is 13.8 Å². The molecule has 3 N–H and O–H groups in total. The number of aromatic nitrogens is 1. The third-order valence-corrected chi connectivity index (χ3v) is 4.83. The summed E-state index contributed by atoms with van der Waals surface area (Å²) >= 11 is 0. The minimum absolute atomic E-state index is 0.0106. The van der Waals surface area contributed by atoms with Crippen LogP contribution in [-0.2, 0) is 9.59 Å². The maximum atomic E-state index is 12.9. The molecule has 1 heterocycles. The lowest BCUT2D eigenvalue weighted by Gasteiger charge is -2.26. The molecule has 28 heavy (non-hydrogen) atoms. The van der Waals surface area contributed by atoms with Gasteiger partial charge in [0.05, 0.1) is 0 Å². The van der Waals surface area contributed by atoms with E-state index in [1.54, 1.807) is 29.2 Å². The van der Waals surface area contributed by atoms with Gasteiger partial charge in [-0.1, -0.05) is 0 Å². The van der Waals surface area contributed by atoms with Crippen molar-refractivity contribution in [3.8, 4) is 0 Å². The Morgan fingerprint density at radius 1 is 1.07 bits per heavy atom. The number of carbonyl (C=O) groups excluding carboxylic acids is 3. The molecule has 1 aromatic heterocycles. The smallest absolute Gasteiger partial charge is 0.248 e. The normalized spacial score (nSPS) is 11.7. The van der Waals surface area contributed by atoms with Crippen molar-refractivity contribution >= 4 is 23.4 Å². The van der Waals surface area contributed by atoms with Gasteiger partial charge in [0.15, 0.2) is 0 Å². The Hall–Kier alpha value is -3.09. The molecule has 0 bridgehead atoms. The Bertz CT molecular complexity index is 836. The van der Waals surface area contributed by atoms with Crippen LogP contribution in [0.3, 0.4) is 0 Å².